The van der Waals surface area contributed by atoms with Crippen LogP contribution in [0.25, 0.3) is 10.4 Å². The van der Waals surface area contributed by atoms with Gasteiger partial charge in [0.1, 0.15) is 0 Å². The Hall–Kier alpha value is -1.20. The Kier molecular flexibility index (Phi) is 3.07. The predicted molar refractivity (Wildman–Crippen MR) is 66.2 cm³/mol. The molecule has 0 amide bonds. The second kappa shape index (κ2) is 4.35. The molecular weight excluding hydrogens is 242 g/mol. The lowest BCUT2D eigenvalue weighted by Gasteiger charge is -1.99. The fourth-order valence-corrected chi connectivity index (χ4v) is 3.38. The minimum absolute atomic E-state index is 0.375. The molecule has 0 aliphatic rings. The zero-order valence-electron chi connectivity index (χ0n) is 9.23. The molecule has 0 aliphatic carbocycles. The molecular formula is C11H11NO2S2. The lowest BCUT2D eigenvalue weighted by molar-refractivity contribution is 0.0596. The van der Waals surface area contributed by atoms with E-state index < -0.39 is 0 Å². The third-order valence-electron chi connectivity index (χ3n) is 2.23. The first-order valence-corrected chi connectivity index (χ1v) is 6.42. The van der Waals surface area contributed by atoms with E-state index in [1.54, 1.807) is 16.8 Å². The Morgan fingerprint density at radius 2 is 2.19 bits per heavy atom. The van der Waals surface area contributed by atoms with Gasteiger partial charge in [0.05, 0.1) is 17.5 Å². The average Bonchev–Trinajstić information content (AvgIpc) is 2.83. The van der Waals surface area contributed by atoms with E-state index >= 15 is 0 Å². The van der Waals surface area contributed by atoms with E-state index in [0.29, 0.717) is 5.69 Å². The minimum Gasteiger partial charge on any atom is -0.464 e. The SMILES string of the molecule is COC(=O)c1ncsc1-c1cc(C)sc1C. The van der Waals surface area contributed by atoms with Gasteiger partial charge in [-0.1, -0.05) is 0 Å². The van der Waals surface area contributed by atoms with E-state index in [1.807, 2.05) is 6.92 Å². The Labute approximate surface area is 102 Å². The third-order valence-corrected chi connectivity index (χ3v) is 4.06. The number of thiophene rings is 1. The maximum absolute atomic E-state index is 11.5. The van der Waals surface area contributed by atoms with Gasteiger partial charge in [0.2, 0.25) is 0 Å². The van der Waals surface area contributed by atoms with E-state index in [2.05, 4.69) is 18.0 Å². The van der Waals surface area contributed by atoms with E-state index in [1.165, 1.54) is 28.2 Å². The number of esters is 1. The Morgan fingerprint density at radius 3 is 2.75 bits per heavy atom. The summed E-state index contributed by atoms with van der Waals surface area (Å²) in [7, 11) is 1.37. The summed E-state index contributed by atoms with van der Waals surface area (Å²) in [6.07, 6.45) is 0. The van der Waals surface area contributed by atoms with Crippen LogP contribution in [0, 0.1) is 13.8 Å². The van der Waals surface area contributed by atoms with Crippen LogP contribution in [0.5, 0.6) is 0 Å². The van der Waals surface area contributed by atoms with Crippen LogP contribution in [0.3, 0.4) is 0 Å². The number of thiazole rings is 1. The molecule has 16 heavy (non-hydrogen) atoms. The molecule has 2 rings (SSSR count). The lowest BCUT2D eigenvalue weighted by atomic mass is 10.2. The Balaban J connectivity index is 2.52. The highest BCUT2D eigenvalue weighted by molar-refractivity contribution is 7.15. The van der Waals surface area contributed by atoms with Crippen LogP contribution < -0.4 is 0 Å². The number of hydrogen-bond donors (Lipinski definition) is 0. The van der Waals surface area contributed by atoms with E-state index in [9.17, 15) is 4.79 Å². The van der Waals surface area contributed by atoms with Gasteiger partial charge < -0.3 is 4.74 Å². The summed E-state index contributed by atoms with van der Waals surface area (Å²) in [4.78, 5) is 18.9. The molecule has 84 valence electrons. The van der Waals surface area contributed by atoms with Crippen molar-refractivity contribution in [3.63, 3.8) is 0 Å². The van der Waals surface area contributed by atoms with E-state index in [0.717, 1.165) is 10.4 Å². The number of carbonyl (C=O) groups excluding carboxylic acids is 1. The topological polar surface area (TPSA) is 39.2 Å². The molecule has 0 atom stereocenters. The van der Waals surface area contributed by atoms with Crippen LogP contribution in [0.2, 0.25) is 0 Å². The van der Waals surface area contributed by atoms with Crippen LogP contribution in [-0.4, -0.2) is 18.1 Å². The molecule has 0 spiro atoms. The van der Waals surface area contributed by atoms with Crippen LogP contribution >= 0.6 is 22.7 Å². The van der Waals surface area contributed by atoms with Gasteiger partial charge in [0, 0.05) is 15.3 Å². The van der Waals surface area contributed by atoms with Crippen LogP contribution in [0.4, 0.5) is 0 Å². The van der Waals surface area contributed by atoms with Crippen molar-refractivity contribution in [2.24, 2.45) is 0 Å². The number of carbonyl (C=O) groups is 1. The number of methoxy groups -OCH3 is 1. The van der Waals surface area contributed by atoms with Crippen LogP contribution in [0.1, 0.15) is 20.2 Å². The molecule has 0 radical (unpaired) electrons. The predicted octanol–water partition coefficient (Wildman–Crippen LogP) is 3.28. The molecule has 5 heteroatoms. The maximum atomic E-state index is 11.5. The van der Waals surface area contributed by atoms with Crippen LogP contribution in [-0.2, 0) is 4.74 Å². The summed E-state index contributed by atoms with van der Waals surface area (Å²) in [5.74, 6) is -0.375. The van der Waals surface area contributed by atoms with Gasteiger partial charge in [-0.3, -0.25) is 0 Å². The second-order valence-corrected chi connectivity index (χ2v) is 5.66. The van der Waals surface area contributed by atoms with Gasteiger partial charge in [-0.2, -0.15) is 0 Å². The highest BCUT2D eigenvalue weighted by Crippen LogP contribution is 2.35. The monoisotopic (exact) mass is 253 g/mol. The molecule has 0 saturated carbocycles. The number of nitrogens with zero attached hydrogens (tertiary/aromatic N) is 1. The van der Waals surface area contributed by atoms with Crippen LogP contribution in [0.15, 0.2) is 11.6 Å². The third kappa shape index (κ3) is 1.88. The van der Waals surface area contributed by atoms with Crippen molar-refractivity contribution in [1.82, 2.24) is 4.98 Å². The number of aryl methyl sites for hydroxylation is 2. The quantitative estimate of drug-likeness (QED) is 0.771. The molecule has 0 bridgehead atoms. The number of hydrogen-bond acceptors (Lipinski definition) is 5. The van der Waals surface area contributed by atoms with Crippen molar-refractivity contribution in [3.8, 4) is 10.4 Å². The summed E-state index contributed by atoms with van der Waals surface area (Å²) >= 11 is 3.19. The number of ether oxygens (including phenoxy) is 1. The first kappa shape index (κ1) is 11.3. The first-order chi connectivity index (χ1) is 7.63. The normalized spacial score (nSPS) is 10.4. The van der Waals surface area contributed by atoms with Gasteiger partial charge >= 0.3 is 5.97 Å². The summed E-state index contributed by atoms with van der Waals surface area (Å²) < 4.78 is 4.71. The lowest BCUT2D eigenvalue weighted by Crippen LogP contribution is -2.02. The molecule has 0 aromatic carbocycles. The molecule has 0 fully saturated rings. The average molecular weight is 253 g/mol. The molecule has 2 aromatic heterocycles. The van der Waals surface area contributed by atoms with Gasteiger partial charge in [-0.05, 0) is 19.9 Å². The van der Waals surface area contributed by atoms with E-state index in [4.69, 9.17) is 4.74 Å². The molecule has 3 nitrogen and oxygen atoms in total. The summed E-state index contributed by atoms with van der Waals surface area (Å²) in [5, 5.41) is 0. The van der Waals surface area contributed by atoms with Crippen molar-refractivity contribution in [2.45, 2.75) is 13.8 Å². The minimum atomic E-state index is -0.375. The van der Waals surface area contributed by atoms with Crippen molar-refractivity contribution in [3.05, 3.63) is 27.0 Å². The summed E-state index contributed by atoms with van der Waals surface area (Å²) in [6.45, 7) is 4.10. The fourth-order valence-electron chi connectivity index (χ4n) is 1.54. The maximum Gasteiger partial charge on any atom is 0.358 e. The highest BCUT2D eigenvalue weighted by Gasteiger charge is 2.19. The van der Waals surface area contributed by atoms with Gasteiger partial charge in [0.25, 0.3) is 0 Å². The largest absolute Gasteiger partial charge is 0.464 e. The molecule has 0 unspecified atom stereocenters. The van der Waals surface area contributed by atoms with E-state index in [-0.39, 0.29) is 5.97 Å². The number of aromatic nitrogens is 1. The number of rotatable bonds is 2. The first-order valence-electron chi connectivity index (χ1n) is 4.72. The molecule has 0 saturated heterocycles. The fraction of sp³-hybridized carbons (Fsp3) is 0.273. The Morgan fingerprint density at radius 1 is 1.44 bits per heavy atom. The van der Waals surface area contributed by atoms with Crippen molar-refractivity contribution in [2.75, 3.05) is 7.11 Å². The van der Waals surface area contributed by atoms with Gasteiger partial charge in [-0.25, -0.2) is 9.78 Å². The van der Waals surface area contributed by atoms with Crippen molar-refractivity contribution >= 4 is 28.6 Å². The Bertz CT molecular complexity index is 528. The summed E-state index contributed by atoms with van der Waals surface area (Å²) in [6, 6.07) is 2.08. The molecule has 2 heterocycles. The van der Waals surface area contributed by atoms with Gasteiger partial charge in [0.15, 0.2) is 5.69 Å². The standard InChI is InChI=1S/C11H11NO2S2/c1-6-4-8(7(2)16-6)10-9(11(13)14-3)12-5-15-10/h4-5H,1-3H3. The van der Waals surface area contributed by atoms with Crippen molar-refractivity contribution < 1.29 is 9.53 Å². The van der Waals surface area contributed by atoms with Gasteiger partial charge in [-0.15, -0.1) is 22.7 Å². The second-order valence-electron chi connectivity index (χ2n) is 3.35. The molecule has 0 N–H and O–H groups in total. The molecule has 0 aliphatic heterocycles. The zero-order chi connectivity index (χ0) is 11.7. The summed E-state index contributed by atoms with van der Waals surface area (Å²) in [5.41, 5.74) is 3.17. The molecule has 2 aromatic rings. The smallest absolute Gasteiger partial charge is 0.358 e. The highest BCUT2D eigenvalue weighted by atomic mass is 32.1. The zero-order valence-corrected chi connectivity index (χ0v) is 10.9. The van der Waals surface area contributed by atoms with Crippen molar-refractivity contribution in [1.29, 1.82) is 0 Å².